The van der Waals surface area contributed by atoms with E-state index >= 15 is 0 Å². The molecule has 0 bridgehead atoms. The van der Waals surface area contributed by atoms with Gasteiger partial charge in [-0.05, 0) is 114 Å². The Morgan fingerprint density at radius 3 is 1.83 bits per heavy atom. The Bertz CT molecular complexity index is 3480. The van der Waals surface area contributed by atoms with Crippen molar-refractivity contribution < 1.29 is 4.42 Å². The molecule has 2 nitrogen and oxygen atoms in total. The van der Waals surface area contributed by atoms with Crippen LogP contribution >= 0.6 is 0 Å². The van der Waals surface area contributed by atoms with Crippen LogP contribution in [0.25, 0.3) is 87.6 Å². The van der Waals surface area contributed by atoms with E-state index in [1.54, 1.807) is 0 Å². The van der Waals surface area contributed by atoms with Crippen molar-refractivity contribution in [1.29, 1.82) is 0 Å². The van der Waals surface area contributed by atoms with Gasteiger partial charge in [-0.3, -0.25) is 0 Å². The summed E-state index contributed by atoms with van der Waals surface area (Å²) in [5.41, 5.74) is 14.9. The van der Waals surface area contributed by atoms with Gasteiger partial charge in [0, 0.05) is 33.0 Å². The fourth-order valence-electron chi connectivity index (χ4n) is 9.99. The molecule has 1 heterocycles. The van der Waals surface area contributed by atoms with Crippen molar-refractivity contribution in [2.24, 2.45) is 0 Å². The molecule has 1 aliphatic carbocycles. The Morgan fingerprint density at radius 2 is 1.02 bits per heavy atom. The van der Waals surface area contributed by atoms with Gasteiger partial charge < -0.3 is 9.32 Å². The molecule has 0 fully saturated rings. The van der Waals surface area contributed by atoms with Gasteiger partial charge in [-0.2, -0.15) is 0 Å². The minimum absolute atomic E-state index is 0.264. The van der Waals surface area contributed by atoms with Crippen molar-refractivity contribution in [1.82, 2.24) is 0 Å². The largest absolute Gasteiger partial charge is 0.455 e. The van der Waals surface area contributed by atoms with Crippen molar-refractivity contribution in [3.8, 4) is 33.4 Å². The summed E-state index contributed by atoms with van der Waals surface area (Å²) in [5.74, 6) is 0. The molecule has 1 aromatic heterocycles. The standard InChI is InChI=1S/C57H39NO/c1-57(2)50-35-41-17-6-5-16-40(41)34-49(50)47-21-12-23-52(55(47)57)58(43-30-27-38(28-31-43)45-20-11-22-48-46-19-9-10-24-53(46)59-56(45)48)51-32-29-37-14-7-8-18-44(37)54(51)42-26-25-36-13-3-4-15-39(36)33-42/h3-35H,1-2H3. The van der Waals surface area contributed by atoms with Gasteiger partial charge in [0.2, 0.25) is 0 Å². The molecule has 0 spiro atoms. The summed E-state index contributed by atoms with van der Waals surface area (Å²) in [4.78, 5) is 2.52. The Kier molecular flexibility index (Phi) is 7.31. The van der Waals surface area contributed by atoms with Crippen LogP contribution < -0.4 is 4.90 Å². The topological polar surface area (TPSA) is 16.4 Å². The molecule has 1 aliphatic rings. The number of hydrogen-bond donors (Lipinski definition) is 0. The summed E-state index contributed by atoms with van der Waals surface area (Å²) in [6.45, 7) is 4.80. The summed E-state index contributed by atoms with van der Waals surface area (Å²) < 4.78 is 6.51. The first-order valence-corrected chi connectivity index (χ1v) is 20.5. The third-order valence-electron chi connectivity index (χ3n) is 12.8. The molecule has 278 valence electrons. The fourth-order valence-corrected chi connectivity index (χ4v) is 9.99. The van der Waals surface area contributed by atoms with E-state index in [1.807, 2.05) is 6.07 Å². The van der Waals surface area contributed by atoms with Gasteiger partial charge in [0.15, 0.2) is 0 Å². The lowest BCUT2D eigenvalue weighted by molar-refractivity contribution is 0.661. The van der Waals surface area contributed by atoms with Crippen molar-refractivity contribution in [3.63, 3.8) is 0 Å². The molecular weight excluding hydrogens is 715 g/mol. The molecule has 2 heteroatoms. The Morgan fingerprint density at radius 1 is 0.407 bits per heavy atom. The van der Waals surface area contributed by atoms with E-state index in [4.69, 9.17) is 4.42 Å². The average molecular weight is 754 g/mol. The number of nitrogens with zero attached hydrogens (tertiary/aromatic N) is 1. The van der Waals surface area contributed by atoms with Crippen molar-refractivity contribution in [2.75, 3.05) is 4.90 Å². The zero-order valence-electron chi connectivity index (χ0n) is 32.9. The monoisotopic (exact) mass is 753 g/mol. The van der Waals surface area contributed by atoms with Crippen LogP contribution in [0, 0.1) is 0 Å². The predicted octanol–water partition coefficient (Wildman–Crippen LogP) is 16.2. The smallest absolute Gasteiger partial charge is 0.143 e. The molecular formula is C57H39NO. The van der Waals surface area contributed by atoms with Gasteiger partial charge in [0.25, 0.3) is 0 Å². The number of rotatable bonds is 5. The Hall–Kier alpha value is -7.42. The maximum Gasteiger partial charge on any atom is 0.143 e. The Balaban J connectivity index is 1.12. The highest BCUT2D eigenvalue weighted by molar-refractivity contribution is 6.10. The van der Waals surface area contributed by atoms with Crippen molar-refractivity contribution >= 4 is 71.3 Å². The van der Waals surface area contributed by atoms with Crippen LogP contribution in [-0.4, -0.2) is 0 Å². The predicted molar refractivity (Wildman–Crippen MR) is 249 cm³/mol. The van der Waals surface area contributed by atoms with E-state index in [9.17, 15) is 0 Å². The molecule has 11 aromatic rings. The second kappa shape index (κ2) is 12.8. The van der Waals surface area contributed by atoms with E-state index in [-0.39, 0.29) is 5.41 Å². The maximum absolute atomic E-state index is 6.51. The van der Waals surface area contributed by atoms with Crippen LogP contribution in [0.4, 0.5) is 17.1 Å². The number of para-hydroxylation sites is 2. The SMILES string of the molecule is CC1(C)c2cc3ccccc3cc2-c2cccc(N(c3ccc(-c4cccc5c4oc4ccccc45)cc3)c3ccc4ccccc4c3-c3ccc4ccccc4c3)c21. The van der Waals surface area contributed by atoms with E-state index in [0.29, 0.717) is 0 Å². The summed E-state index contributed by atoms with van der Waals surface area (Å²) in [5, 5.41) is 9.70. The first kappa shape index (κ1) is 33.7. The highest BCUT2D eigenvalue weighted by Crippen LogP contribution is 2.56. The van der Waals surface area contributed by atoms with Crippen molar-refractivity contribution in [2.45, 2.75) is 19.3 Å². The molecule has 0 atom stereocenters. The highest BCUT2D eigenvalue weighted by Gasteiger charge is 2.39. The van der Waals surface area contributed by atoms with Gasteiger partial charge in [-0.1, -0.05) is 166 Å². The second-order valence-electron chi connectivity index (χ2n) is 16.5. The van der Waals surface area contributed by atoms with Gasteiger partial charge in [0.1, 0.15) is 11.2 Å². The molecule has 0 amide bonds. The first-order chi connectivity index (χ1) is 29.0. The third-order valence-corrected chi connectivity index (χ3v) is 12.8. The number of benzene rings is 10. The van der Waals surface area contributed by atoms with Crippen LogP contribution in [0.5, 0.6) is 0 Å². The third kappa shape index (κ3) is 5.13. The molecule has 0 N–H and O–H groups in total. The summed E-state index contributed by atoms with van der Waals surface area (Å²) in [6.07, 6.45) is 0. The quantitative estimate of drug-likeness (QED) is 0.174. The van der Waals surface area contributed by atoms with E-state index in [2.05, 4.69) is 213 Å². The van der Waals surface area contributed by atoms with Gasteiger partial charge in [-0.25, -0.2) is 0 Å². The van der Waals surface area contributed by atoms with Crippen LogP contribution in [0.3, 0.4) is 0 Å². The molecule has 10 aromatic carbocycles. The lowest BCUT2D eigenvalue weighted by Crippen LogP contribution is -2.21. The zero-order valence-corrected chi connectivity index (χ0v) is 32.9. The van der Waals surface area contributed by atoms with Crippen LogP contribution in [0.1, 0.15) is 25.0 Å². The van der Waals surface area contributed by atoms with Crippen LogP contribution in [0.2, 0.25) is 0 Å². The van der Waals surface area contributed by atoms with Crippen LogP contribution in [-0.2, 0) is 5.41 Å². The fraction of sp³-hybridized carbons (Fsp3) is 0.0526. The number of furan rings is 1. The number of hydrogen-bond acceptors (Lipinski definition) is 2. The van der Waals surface area contributed by atoms with Crippen LogP contribution in [0.15, 0.2) is 205 Å². The minimum atomic E-state index is -0.264. The Labute approximate surface area is 343 Å². The zero-order chi connectivity index (χ0) is 39.2. The molecule has 0 unspecified atom stereocenters. The average Bonchev–Trinajstić information content (AvgIpc) is 3.77. The minimum Gasteiger partial charge on any atom is -0.455 e. The number of anilines is 3. The van der Waals surface area contributed by atoms with Gasteiger partial charge in [-0.15, -0.1) is 0 Å². The lowest BCUT2D eigenvalue weighted by Gasteiger charge is -2.34. The molecule has 0 saturated heterocycles. The van der Waals surface area contributed by atoms with E-state index in [0.717, 1.165) is 44.4 Å². The van der Waals surface area contributed by atoms with Gasteiger partial charge in [0.05, 0.1) is 11.4 Å². The number of fused-ring (bicyclic) bond motifs is 9. The molecule has 12 rings (SSSR count). The summed E-state index contributed by atoms with van der Waals surface area (Å²) in [6, 6.07) is 73.3. The first-order valence-electron chi connectivity index (χ1n) is 20.5. The normalized spacial score (nSPS) is 13.1. The highest BCUT2D eigenvalue weighted by atomic mass is 16.3. The summed E-state index contributed by atoms with van der Waals surface area (Å²) >= 11 is 0. The second-order valence-corrected chi connectivity index (χ2v) is 16.5. The van der Waals surface area contributed by atoms with E-state index < -0.39 is 0 Å². The van der Waals surface area contributed by atoms with Crippen molar-refractivity contribution in [3.05, 3.63) is 211 Å². The molecule has 0 saturated carbocycles. The molecule has 59 heavy (non-hydrogen) atoms. The molecule has 0 radical (unpaired) electrons. The van der Waals surface area contributed by atoms with Gasteiger partial charge >= 0.3 is 0 Å². The molecule has 0 aliphatic heterocycles. The lowest BCUT2D eigenvalue weighted by atomic mass is 9.80. The summed E-state index contributed by atoms with van der Waals surface area (Å²) in [7, 11) is 0. The van der Waals surface area contributed by atoms with E-state index in [1.165, 1.54) is 71.4 Å². The maximum atomic E-state index is 6.51.